The van der Waals surface area contributed by atoms with Crippen molar-refractivity contribution in [1.82, 2.24) is 19.9 Å². The molecule has 1 fully saturated rings. The summed E-state index contributed by atoms with van der Waals surface area (Å²) in [7, 11) is 0. The molecule has 0 bridgehead atoms. The molecule has 0 unspecified atom stereocenters. The third-order valence-corrected chi connectivity index (χ3v) is 4.16. The molecule has 1 aliphatic rings. The van der Waals surface area contributed by atoms with Crippen molar-refractivity contribution in [1.29, 1.82) is 0 Å². The largest absolute Gasteiger partial charge is 0.351 e. The van der Waals surface area contributed by atoms with Crippen LogP contribution >= 0.6 is 11.3 Å². The lowest BCUT2D eigenvalue weighted by molar-refractivity contribution is 0.542. The summed E-state index contributed by atoms with van der Waals surface area (Å²) in [6, 6.07) is 0. The second kappa shape index (κ2) is 4.86. The molecule has 0 atom stereocenters. The Hall–Kier alpha value is -1.54. The van der Waals surface area contributed by atoms with Crippen LogP contribution in [-0.2, 0) is 6.42 Å². The van der Waals surface area contributed by atoms with Gasteiger partial charge in [0.25, 0.3) is 0 Å². The van der Waals surface area contributed by atoms with Gasteiger partial charge in [0.1, 0.15) is 5.01 Å². The maximum Gasteiger partial charge on any atom is 0.312 e. The molecule has 1 N–H and O–H groups in total. The molecule has 0 spiro atoms. The number of anilines is 1. The zero-order valence-corrected chi connectivity index (χ0v) is 11.3. The Morgan fingerprint density at radius 2 is 2.16 bits per heavy atom. The SMILES string of the molecule is CCc1nn2c(N3CCNCC3)c(F)c(=O)nc2s1. The van der Waals surface area contributed by atoms with Gasteiger partial charge < -0.3 is 10.2 Å². The van der Waals surface area contributed by atoms with Gasteiger partial charge in [-0.25, -0.2) is 0 Å². The first kappa shape index (κ1) is 12.5. The summed E-state index contributed by atoms with van der Waals surface area (Å²) in [5.74, 6) is -0.570. The van der Waals surface area contributed by atoms with Gasteiger partial charge in [0.05, 0.1) is 0 Å². The molecule has 8 heteroatoms. The third-order valence-electron chi connectivity index (χ3n) is 3.10. The number of hydrogen-bond acceptors (Lipinski definition) is 6. The number of nitrogens with one attached hydrogen (secondary N) is 1. The standard InChI is InChI=1S/C11H14FN5OS/c1-2-7-15-17-10(16-5-3-13-4-6-16)8(12)9(18)14-11(17)19-7/h13H,2-6H2,1H3. The van der Waals surface area contributed by atoms with Crippen LogP contribution in [0.15, 0.2) is 4.79 Å². The zero-order valence-electron chi connectivity index (χ0n) is 10.5. The molecule has 0 aromatic carbocycles. The summed E-state index contributed by atoms with van der Waals surface area (Å²) in [6.07, 6.45) is 0.741. The third kappa shape index (κ3) is 2.10. The maximum absolute atomic E-state index is 14.1. The molecule has 3 rings (SSSR count). The molecule has 1 aliphatic heterocycles. The molecule has 0 radical (unpaired) electrons. The Morgan fingerprint density at radius 1 is 1.42 bits per heavy atom. The summed E-state index contributed by atoms with van der Waals surface area (Å²) in [5.41, 5.74) is -0.806. The lowest BCUT2D eigenvalue weighted by atomic mass is 10.3. The minimum absolute atomic E-state index is 0.243. The van der Waals surface area contributed by atoms with Gasteiger partial charge in [0.2, 0.25) is 10.8 Å². The van der Waals surface area contributed by atoms with Crippen molar-refractivity contribution in [2.75, 3.05) is 31.1 Å². The van der Waals surface area contributed by atoms with Crippen LogP contribution in [0, 0.1) is 5.82 Å². The van der Waals surface area contributed by atoms with E-state index in [0.717, 1.165) is 24.5 Å². The fourth-order valence-electron chi connectivity index (χ4n) is 2.15. The predicted octanol–water partition coefficient (Wildman–Crippen LogP) is 0.262. The Balaban J connectivity index is 2.21. The normalized spacial score (nSPS) is 16.2. The lowest BCUT2D eigenvalue weighted by Crippen LogP contribution is -2.45. The number of rotatable bonds is 2. The fraction of sp³-hybridized carbons (Fsp3) is 0.545. The van der Waals surface area contributed by atoms with E-state index in [1.54, 1.807) is 0 Å². The second-order valence-corrected chi connectivity index (χ2v) is 5.38. The van der Waals surface area contributed by atoms with Crippen molar-refractivity contribution >= 4 is 22.1 Å². The minimum atomic E-state index is -0.813. The zero-order chi connectivity index (χ0) is 13.4. The average molecular weight is 283 g/mol. The second-order valence-electron chi connectivity index (χ2n) is 4.34. The van der Waals surface area contributed by atoms with Crippen molar-refractivity contribution in [2.24, 2.45) is 0 Å². The minimum Gasteiger partial charge on any atom is -0.351 e. The highest BCUT2D eigenvalue weighted by molar-refractivity contribution is 7.16. The van der Waals surface area contributed by atoms with E-state index in [4.69, 9.17) is 0 Å². The van der Waals surface area contributed by atoms with E-state index in [1.807, 2.05) is 11.8 Å². The molecular formula is C11H14FN5OS. The first-order valence-electron chi connectivity index (χ1n) is 6.24. The van der Waals surface area contributed by atoms with Crippen LogP contribution in [0.3, 0.4) is 0 Å². The van der Waals surface area contributed by atoms with Gasteiger partial charge in [-0.1, -0.05) is 18.3 Å². The highest BCUT2D eigenvalue weighted by Gasteiger charge is 2.22. The number of hydrogen-bond donors (Lipinski definition) is 1. The molecule has 0 saturated carbocycles. The van der Waals surface area contributed by atoms with Crippen LogP contribution < -0.4 is 15.8 Å². The number of fused-ring (bicyclic) bond motifs is 1. The molecule has 0 amide bonds. The van der Waals surface area contributed by atoms with E-state index in [-0.39, 0.29) is 5.82 Å². The molecule has 19 heavy (non-hydrogen) atoms. The molecule has 2 aromatic rings. The quantitative estimate of drug-likeness (QED) is 0.857. The summed E-state index contributed by atoms with van der Waals surface area (Å²) >= 11 is 1.33. The van der Waals surface area contributed by atoms with Gasteiger partial charge in [-0.05, 0) is 6.42 Å². The Bertz CT molecular complexity index is 661. The van der Waals surface area contributed by atoms with Crippen molar-refractivity contribution in [3.8, 4) is 0 Å². The van der Waals surface area contributed by atoms with E-state index >= 15 is 0 Å². The Morgan fingerprint density at radius 3 is 2.84 bits per heavy atom. The lowest BCUT2D eigenvalue weighted by Gasteiger charge is -2.29. The highest BCUT2D eigenvalue weighted by atomic mass is 32.1. The highest BCUT2D eigenvalue weighted by Crippen LogP contribution is 2.21. The molecular weight excluding hydrogens is 269 g/mol. The number of aromatic nitrogens is 3. The van der Waals surface area contributed by atoms with Crippen LogP contribution in [0.4, 0.5) is 10.2 Å². The van der Waals surface area contributed by atoms with E-state index in [1.165, 1.54) is 15.9 Å². The monoisotopic (exact) mass is 283 g/mol. The van der Waals surface area contributed by atoms with Crippen LogP contribution in [0.5, 0.6) is 0 Å². The van der Waals surface area contributed by atoms with Gasteiger partial charge in [-0.3, -0.25) is 4.79 Å². The van der Waals surface area contributed by atoms with Gasteiger partial charge in [0.15, 0.2) is 5.82 Å². The topological polar surface area (TPSA) is 62.5 Å². The molecule has 0 aliphatic carbocycles. The summed E-state index contributed by atoms with van der Waals surface area (Å²) in [4.78, 5) is 17.7. The summed E-state index contributed by atoms with van der Waals surface area (Å²) in [5, 5.41) is 8.38. The van der Waals surface area contributed by atoms with Gasteiger partial charge in [-0.2, -0.15) is 19.0 Å². The van der Waals surface area contributed by atoms with Crippen LogP contribution in [-0.4, -0.2) is 40.8 Å². The van der Waals surface area contributed by atoms with Gasteiger partial charge in [0, 0.05) is 26.2 Å². The smallest absolute Gasteiger partial charge is 0.312 e. The van der Waals surface area contributed by atoms with E-state index in [9.17, 15) is 9.18 Å². The number of halogens is 1. The molecule has 102 valence electrons. The van der Waals surface area contributed by atoms with E-state index in [0.29, 0.717) is 18.1 Å². The summed E-state index contributed by atoms with van der Waals surface area (Å²) in [6.45, 7) is 4.81. The number of nitrogens with zero attached hydrogens (tertiary/aromatic N) is 4. The van der Waals surface area contributed by atoms with Gasteiger partial charge >= 0.3 is 5.56 Å². The Labute approximate surface area is 112 Å². The molecule has 2 aromatic heterocycles. The molecule has 1 saturated heterocycles. The van der Waals surface area contributed by atoms with E-state index < -0.39 is 11.4 Å². The predicted molar refractivity (Wildman–Crippen MR) is 71.6 cm³/mol. The number of piperazine rings is 1. The van der Waals surface area contributed by atoms with Crippen molar-refractivity contribution < 1.29 is 4.39 Å². The maximum atomic E-state index is 14.1. The Kier molecular flexibility index (Phi) is 3.19. The molecule has 3 heterocycles. The van der Waals surface area contributed by atoms with Crippen LogP contribution in [0.25, 0.3) is 4.96 Å². The summed E-state index contributed by atoms with van der Waals surface area (Å²) < 4.78 is 15.6. The molecule has 6 nitrogen and oxygen atoms in total. The van der Waals surface area contributed by atoms with Crippen molar-refractivity contribution in [3.05, 3.63) is 21.2 Å². The first-order chi connectivity index (χ1) is 9.20. The first-order valence-corrected chi connectivity index (χ1v) is 7.06. The van der Waals surface area contributed by atoms with Crippen LogP contribution in [0.2, 0.25) is 0 Å². The number of aryl methyl sites for hydroxylation is 1. The van der Waals surface area contributed by atoms with Crippen molar-refractivity contribution in [3.63, 3.8) is 0 Å². The average Bonchev–Trinajstić information content (AvgIpc) is 2.83. The van der Waals surface area contributed by atoms with Gasteiger partial charge in [-0.15, -0.1) is 0 Å². The van der Waals surface area contributed by atoms with Crippen molar-refractivity contribution in [2.45, 2.75) is 13.3 Å². The van der Waals surface area contributed by atoms with E-state index in [2.05, 4.69) is 15.4 Å². The fourth-order valence-corrected chi connectivity index (χ4v) is 2.97. The van der Waals surface area contributed by atoms with Crippen LogP contribution in [0.1, 0.15) is 11.9 Å².